The Kier molecular flexibility index (Phi) is 6.45. The summed E-state index contributed by atoms with van der Waals surface area (Å²) in [6.45, 7) is 0.582. The van der Waals surface area contributed by atoms with Crippen LogP contribution < -0.4 is 10.6 Å². The number of amides is 2. The second-order valence-corrected chi connectivity index (χ2v) is 6.95. The maximum absolute atomic E-state index is 12.4. The molecule has 0 aliphatic rings. The summed E-state index contributed by atoms with van der Waals surface area (Å²) in [5.41, 5.74) is 3.30. The predicted octanol–water partition coefficient (Wildman–Crippen LogP) is 5.08. The van der Waals surface area contributed by atoms with E-state index in [1.165, 1.54) is 5.56 Å². The molecule has 0 fully saturated rings. The van der Waals surface area contributed by atoms with Gasteiger partial charge in [-0.05, 0) is 35.2 Å². The monoisotopic (exact) mass is 408 g/mol. The minimum atomic E-state index is -0.178. The zero-order valence-corrected chi connectivity index (χ0v) is 15.9. The van der Waals surface area contributed by atoms with Gasteiger partial charge in [-0.1, -0.05) is 88.7 Å². The molecule has 2 N–H and O–H groups in total. The number of halogens is 1. The van der Waals surface area contributed by atoms with Crippen LogP contribution >= 0.6 is 15.9 Å². The van der Waals surface area contributed by atoms with Crippen LogP contribution in [0.3, 0.4) is 0 Å². The molecular weight excluding hydrogens is 388 g/mol. The van der Waals surface area contributed by atoms with Crippen LogP contribution in [0.25, 0.3) is 0 Å². The molecule has 0 saturated carbocycles. The molecular formula is C22H21BrN2O. The summed E-state index contributed by atoms with van der Waals surface area (Å²) < 4.78 is 1.05. The van der Waals surface area contributed by atoms with Crippen molar-refractivity contribution in [3.05, 3.63) is 106 Å². The number of hydrogen-bond acceptors (Lipinski definition) is 1. The molecule has 0 heterocycles. The first-order valence-electron chi connectivity index (χ1n) is 8.61. The summed E-state index contributed by atoms with van der Waals surface area (Å²) >= 11 is 3.47. The summed E-state index contributed by atoms with van der Waals surface area (Å²) in [7, 11) is 0. The van der Waals surface area contributed by atoms with Crippen molar-refractivity contribution in [3.8, 4) is 0 Å². The fourth-order valence-electron chi connectivity index (χ4n) is 2.85. The van der Waals surface area contributed by atoms with Crippen molar-refractivity contribution in [2.24, 2.45) is 0 Å². The highest BCUT2D eigenvalue weighted by molar-refractivity contribution is 9.10. The van der Waals surface area contributed by atoms with Gasteiger partial charge in [0.15, 0.2) is 0 Å². The van der Waals surface area contributed by atoms with Gasteiger partial charge in [0.25, 0.3) is 0 Å². The third kappa shape index (κ3) is 5.20. The summed E-state index contributed by atoms with van der Waals surface area (Å²) in [6.07, 6.45) is 0.786. The number of hydrogen-bond donors (Lipinski definition) is 2. The fourth-order valence-corrected chi connectivity index (χ4v) is 3.29. The molecule has 0 bridgehead atoms. The van der Waals surface area contributed by atoms with Crippen LogP contribution in [0.2, 0.25) is 0 Å². The average Bonchev–Trinajstić information content (AvgIpc) is 2.67. The van der Waals surface area contributed by atoms with Gasteiger partial charge in [-0.25, -0.2) is 4.79 Å². The molecule has 0 aromatic heterocycles. The number of nitrogens with one attached hydrogen (secondary N) is 2. The quantitative estimate of drug-likeness (QED) is 0.586. The maximum Gasteiger partial charge on any atom is 0.315 e. The minimum absolute atomic E-state index is 0.169. The number of urea groups is 1. The largest absolute Gasteiger partial charge is 0.338 e. The Morgan fingerprint density at radius 2 is 1.46 bits per heavy atom. The van der Waals surface area contributed by atoms with E-state index in [1.807, 2.05) is 72.8 Å². The van der Waals surface area contributed by atoms with Gasteiger partial charge < -0.3 is 10.6 Å². The minimum Gasteiger partial charge on any atom is -0.338 e. The molecule has 3 aromatic rings. The molecule has 4 heteroatoms. The van der Waals surface area contributed by atoms with Crippen LogP contribution in [0.15, 0.2) is 89.4 Å². The van der Waals surface area contributed by atoms with E-state index < -0.39 is 0 Å². The van der Waals surface area contributed by atoms with Crippen molar-refractivity contribution in [2.75, 3.05) is 6.54 Å². The van der Waals surface area contributed by atoms with Crippen LogP contribution in [-0.4, -0.2) is 12.6 Å². The number of rotatable bonds is 6. The SMILES string of the molecule is O=C(NCCc1cccc(Br)c1)NC(c1ccccc1)c1ccccc1. The predicted molar refractivity (Wildman–Crippen MR) is 109 cm³/mol. The number of carbonyl (C=O) groups excluding carboxylic acids is 1. The van der Waals surface area contributed by atoms with Gasteiger partial charge in [0.1, 0.15) is 0 Å². The van der Waals surface area contributed by atoms with Crippen molar-refractivity contribution in [1.29, 1.82) is 0 Å². The second-order valence-electron chi connectivity index (χ2n) is 6.03. The van der Waals surface area contributed by atoms with Crippen molar-refractivity contribution in [1.82, 2.24) is 10.6 Å². The van der Waals surface area contributed by atoms with Crippen molar-refractivity contribution in [3.63, 3.8) is 0 Å². The molecule has 0 atom stereocenters. The van der Waals surface area contributed by atoms with Gasteiger partial charge in [0.2, 0.25) is 0 Å². The highest BCUT2D eigenvalue weighted by Gasteiger charge is 2.16. The molecule has 3 nitrogen and oxygen atoms in total. The summed E-state index contributed by atoms with van der Waals surface area (Å²) in [6, 6.07) is 27.8. The molecule has 0 aliphatic carbocycles. The maximum atomic E-state index is 12.4. The first kappa shape index (κ1) is 18.2. The highest BCUT2D eigenvalue weighted by atomic mass is 79.9. The summed E-state index contributed by atoms with van der Waals surface area (Å²) in [5.74, 6) is 0. The van der Waals surface area contributed by atoms with E-state index >= 15 is 0 Å². The van der Waals surface area contributed by atoms with Gasteiger partial charge >= 0.3 is 6.03 Å². The Morgan fingerprint density at radius 1 is 0.846 bits per heavy atom. The lowest BCUT2D eigenvalue weighted by Crippen LogP contribution is -2.39. The Balaban J connectivity index is 1.62. The summed E-state index contributed by atoms with van der Waals surface area (Å²) in [4.78, 5) is 12.4. The van der Waals surface area contributed by atoms with Gasteiger partial charge in [-0.3, -0.25) is 0 Å². The average molecular weight is 409 g/mol. The van der Waals surface area contributed by atoms with Gasteiger partial charge in [0, 0.05) is 11.0 Å². The molecule has 0 saturated heterocycles. The lowest BCUT2D eigenvalue weighted by molar-refractivity contribution is 0.239. The van der Waals surface area contributed by atoms with Gasteiger partial charge in [-0.15, -0.1) is 0 Å². The molecule has 0 aliphatic heterocycles. The van der Waals surface area contributed by atoms with E-state index in [1.54, 1.807) is 0 Å². The third-order valence-corrected chi connectivity index (χ3v) is 4.62. The Hall–Kier alpha value is -2.59. The third-order valence-electron chi connectivity index (χ3n) is 4.13. The molecule has 26 heavy (non-hydrogen) atoms. The Bertz CT molecular complexity index is 798. The second kappa shape index (κ2) is 9.20. The van der Waals surface area contributed by atoms with Gasteiger partial charge in [-0.2, -0.15) is 0 Å². The van der Waals surface area contributed by atoms with Crippen molar-refractivity contribution < 1.29 is 4.79 Å². The van der Waals surface area contributed by atoms with E-state index in [-0.39, 0.29) is 12.1 Å². The molecule has 2 amide bonds. The van der Waals surface area contributed by atoms with E-state index in [4.69, 9.17) is 0 Å². The Labute approximate surface area is 162 Å². The van der Waals surface area contributed by atoms with E-state index in [0.29, 0.717) is 6.54 Å². The van der Waals surface area contributed by atoms with Crippen LogP contribution in [0.4, 0.5) is 4.79 Å². The smallest absolute Gasteiger partial charge is 0.315 e. The fraction of sp³-hybridized carbons (Fsp3) is 0.136. The first-order chi connectivity index (χ1) is 12.7. The van der Waals surface area contributed by atoms with E-state index in [0.717, 1.165) is 22.0 Å². The van der Waals surface area contributed by atoms with Crippen LogP contribution in [-0.2, 0) is 6.42 Å². The van der Waals surface area contributed by atoms with E-state index in [9.17, 15) is 4.79 Å². The number of carbonyl (C=O) groups is 1. The first-order valence-corrected chi connectivity index (χ1v) is 9.40. The lowest BCUT2D eigenvalue weighted by Gasteiger charge is -2.20. The summed E-state index contributed by atoms with van der Waals surface area (Å²) in [5, 5.41) is 6.04. The zero-order valence-electron chi connectivity index (χ0n) is 14.4. The normalized spacial score (nSPS) is 10.5. The lowest BCUT2D eigenvalue weighted by atomic mass is 9.99. The zero-order chi connectivity index (χ0) is 18.2. The highest BCUT2D eigenvalue weighted by Crippen LogP contribution is 2.21. The Morgan fingerprint density at radius 3 is 2.04 bits per heavy atom. The molecule has 132 valence electrons. The van der Waals surface area contributed by atoms with Crippen molar-refractivity contribution >= 4 is 22.0 Å². The van der Waals surface area contributed by atoms with Gasteiger partial charge in [0.05, 0.1) is 6.04 Å². The molecule has 3 aromatic carbocycles. The van der Waals surface area contributed by atoms with Crippen molar-refractivity contribution in [2.45, 2.75) is 12.5 Å². The van der Waals surface area contributed by atoms with Crippen LogP contribution in [0.5, 0.6) is 0 Å². The standard InChI is InChI=1S/C22H21BrN2O/c23-20-13-7-8-17(16-20)14-15-24-22(26)25-21(18-9-3-1-4-10-18)19-11-5-2-6-12-19/h1-13,16,21H,14-15H2,(H2,24,25,26). The van der Waals surface area contributed by atoms with E-state index in [2.05, 4.69) is 38.7 Å². The molecule has 0 spiro atoms. The molecule has 0 unspecified atom stereocenters. The van der Waals surface area contributed by atoms with Crippen LogP contribution in [0.1, 0.15) is 22.7 Å². The molecule has 3 rings (SSSR count). The topological polar surface area (TPSA) is 41.1 Å². The van der Waals surface area contributed by atoms with Crippen LogP contribution in [0, 0.1) is 0 Å². The molecule has 0 radical (unpaired) electrons. The number of benzene rings is 3.